The van der Waals surface area contributed by atoms with E-state index in [1.807, 2.05) is 19.2 Å². The largest absolute Gasteiger partial charge is 0.494 e. The van der Waals surface area contributed by atoms with E-state index in [1.54, 1.807) is 0 Å². The Balaban J connectivity index is 2.67. The summed E-state index contributed by atoms with van der Waals surface area (Å²) in [5.41, 5.74) is -0.344. The Morgan fingerprint density at radius 1 is 1.44 bits per heavy atom. The average Bonchev–Trinajstić information content (AvgIpc) is 2.75. The Morgan fingerprint density at radius 3 is 2.67 bits per heavy atom. The van der Waals surface area contributed by atoms with Crippen LogP contribution in [0.15, 0.2) is 15.0 Å². The van der Waals surface area contributed by atoms with Crippen LogP contribution in [0.25, 0.3) is 5.13 Å². The van der Waals surface area contributed by atoms with Gasteiger partial charge in [-0.1, -0.05) is 13.8 Å². The molecule has 0 atom stereocenters. The van der Waals surface area contributed by atoms with Gasteiger partial charge in [-0.25, -0.2) is 14.3 Å². The topological polar surface area (TPSA) is 88.0 Å². The highest BCUT2D eigenvalue weighted by molar-refractivity contribution is 7.12. The maximum atomic E-state index is 11.7. The number of aromatic amines is 1. The fourth-order valence-corrected chi connectivity index (χ4v) is 2.42. The number of H-pyrrole nitrogens is 1. The number of aromatic hydroxyl groups is 1. The molecule has 0 aromatic carbocycles. The number of thiazole rings is 1. The second-order valence-corrected chi connectivity index (χ2v) is 5.09. The molecule has 6 nitrogen and oxygen atoms in total. The van der Waals surface area contributed by atoms with Crippen LogP contribution in [0.3, 0.4) is 0 Å². The Bertz CT molecular complexity index is 696. The molecule has 0 bridgehead atoms. The van der Waals surface area contributed by atoms with Crippen molar-refractivity contribution in [3.8, 4) is 11.0 Å². The van der Waals surface area contributed by atoms with Crippen molar-refractivity contribution < 1.29 is 5.11 Å². The molecule has 0 aliphatic carbocycles. The molecule has 0 unspecified atom stereocenters. The maximum Gasteiger partial charge on any atom is 0.337 e. The van der Waals surface area contributed by atoms with Crippen LogP contribution < -0.4 is 11.2 Å². The minimum atomic E-state index is -0.687. The second-order valence-electron chi connectivity index (χ2n) is 4.25. The van der Waals surface area contributed by atoms with Gasteiger partial charge in [0.05, 0.1) is 11.3 Å². The molecule has 2 N–H and O–H groups in total. The molecule has 0 aliphatic heterocycles. The third kappa shape index (κ3) is 1.97. The van der Waals surface area contributed by atoms with Gasteiger partial charge >= 0.3 is 5.69 Å². The van der Waals surface area contributed by atoms with Gasteiger partial charge in [-0.2, -0.15) is 0 Å². The quantitative estimate of drug-likeness (QED) is 0.853. The van der Waals surface area contributed by atoms with Gasteiger partial charge in [0.1, 0.15) is 0 Å². The summed E-state index contributed by atoms with van der Waals surface area (Å²) < 4.78 is 1.01. The fraction of sp³-hybridized carbons (Fsp3) is 0.364. The third-order valence-electron chi connectivity index (χ3n) is 2.60. The van der Waals surface area contributed by atoms with Gasteiger partial charge in [0, 0.05) is 5.38 Å². The highest BCUT2D eigenvalue weighted by Gasteiger charge is 2.15. The number of nitrogens with zero attached hydrogens (tertiary/aromatic N) is 2. The van der Waals surface area contributed by atoms with Crippen molar-refractivity contribution in [2.45, 2.75) is 26.7 Å². The molecule has 0 aliphatic rings. The van der Waals surface area contributed by atoms with Gasteiger partial charge in [-0.15, -0.1) is 11.3 Å². The first-order chi connectivity index (χ1) is 8.41. The summed E-state index contributed by atoms with van der Waals surface area (Å²) in [6.07, 6.45) is 0. The number of hydrogen-bond acceptors (Lipinski definition) is 5. The maximum absolute atomic E-state index is 11.7. The number of rotatable bonds is 2. The van der Waals surface area contributed by atoms with Crippen molar-refractivity contribution in [1.82, 2.24) is 14.5 Å². The number of hydrogen-bond donors (Lipinski definition) is 2. The molecule has 0 fully saturated rings. The van der Waals surface area contributed by atoms with E-state index >= 15 is 0 Å². The van der Waals surface area contributed by atoms with Crippen LogP contribution in [0.4, 0.5) is 0 Å². The smallest absolute Gasteiger partial charge is 0.337 e. The van der Waals surface area contributed by atoms with Gasteiger partial charge in [-0.05, 0) is 12.8 Å². The molecule has 0 saturated carbocycles. The first kappa shape index (κ1) is 12.6. The summed E-state index contributed by atoms with van der Waals surface area (Å²) in [7, 11) is 0. The SMILES string of the molecule is Cc1c(O)n(-c2nc(C(C)C)cs2)c(=O)[nH]c1=O. The molecule has 0 saturated heterocycles. The molecule has 0 radical (unpaired) electrons. The van der Waals surface area contributed by atoms with Crippen molar-refractivity contribution in [3.63, 3.8) is 0 Å². The summed E-state index contributed by atoms with van der Waals surface area (Å²) >= 11 is 1.24. The first-order valence-corrected chi connectivity index (χ1v) is 6.30. The summed E-state index contributed by atoms with van der Waals surface area (Å²) in [5.74, 6) is -0.134. The highest BCUT2D eigenvalue weighted by atomic mass is 32.1. The van der Waals surface area contributed by atoms with E-state index in [2.05, 4.69) is 9.97 Å². The normalized spacial score (nSPS) is 11.1. The van der Waals surface area contributed by atoms with Crippen molar-refractivity contribution in [1.29, 1.82) is 0 Å². The van der Waals surface area contributed by atoms with Crippen molar-refractivity contribution in [2.24, 2.45) is 0 Å². The van der Waals surface area contributed by atoms with Crippen molar-refractivity contribution >= 4 is 11.3 Å². The predicted octanol–water partition coefficient (Wildman–Crippen LogP) is 1.12. The van der Waals surface area contributed by atoms with Crippen molar-refractivity contribution in [2.75, 3.05) is 0 Å². The molecule has 96 valence electrons. The van der Waals surface area contributed by atoms with E-state index in [-0.39, 0.29) is 17.4 Å². The molecule has 0 amide bonds. The van der Waals surface area contributed by atoms with E-state index in [4.69, 9.17) is 0 Å². The molecular weight excluding hydrogens is 254 g/mol. The molecule has 2 rings (SSSR count). The minimum absolute atomic E-state index is 0.0934. The van der Waals surface area contributed by atoms with Crippen molar-refractivity contribution in [3.05, 3.63) is 37.5 Å². The Morgan fingerprint density at radius 2 is 2.11 bits per heavy atom. The predicted molar refractivity (Wildman–Crippen MR) is 68.8 cm³/mol. The third-order valence-corrected chi connectivity index (χ3v) is 3.45. The van der Waals surface area contributed by atoms with Gasteiger partial charge in [-0.3, -0.25) is 9.78 Å². The van der Waals surface area contributed by atoms with Crippen LogP contribution in [0.5, 0.6) is 5.88 Å². The average molecular weight is 267 g/mol. The van der Waals surface area contributed by atoms with Gasteiger partial charge in [0.25, 0.3) is 5.56 Å². The molecule has 2 heterocycles. The van der Waals surface area contributed by atoms with E-state index in [9.17, 15) is 14.7 Å². The Labute approximate surface area is 107 Å². The van der Waals surface area contributed by atoms with E-state index in [0.717, 1.165) is 10.3 Å². The zero-order valence-electron chi connectivity index (χ0n) is 10.2. The number of nitrogens with one attached hydrogen (secondary N) is 1. The van der Waals surface area contributed by atoms with Crippen LogP contribution in [-0.2, 0) is 0 Å². The molecular formula is C11H13N3O3S. The second kappa shape index (κ2) is 4.41. The summed E-state index contributed by atoms with van der Waals surface area (Å²) in [6.45, 7) is 5.42. The minimum Gasteiger partial charge on any atom is -0.494 e. The Hall–Kier alpha value is -1.89. The van der Waals surface area contributed by atoms with E-state index < -0.39 is 11.2 Å². The van der Waals surface area contributed by atoms with Gasteiger partial charge in [0.15, 0.2) is 0 Å². The number of aromatic nitrogens is 3. The monoisotopic (exact) mass is 267 g/mol. The van der Waals surface area contributed by atoms with Crippen LogP contribution in [0, 0.1) is 6.92 Å². The van der Waals surface area contributed by atoms with Crippen LogP contribution in [0.2, 0.25) is 0 Å². The zero-order valence-corrected chi connectivity index (χ0v) is 11.0. The summed E-state index contributed by atoms with van der Waals surface area (Å²) in [4.78, 5) is 29.4. The molecule has 2 aromatic rings. The van der Waals surface area contributed by atoms with Crippen LogP contribution in [-0.4, -0.2) is 19.6 Å². The Kier molecular flexibility index (Phi) is 3.08. The summed E-state index contributed by atoms with van der Waals surface area (Å²) in [5, 5.41) is 12.0. The highest BCUT2D eigenvalue weighted by Crippen LogP contribution is 2.22. The lowest BCUT2D eigenvalue weighted by molar-refractivity contribution is 0.425. The fourth-order valence-electron chi connectivity index (χ4n) is 1.43. The lowest BCUT2D eigenvalue weighted by Gasteiger charge is -2.05. The van der Waals surface area contributed by atoms with E-state index in [1.165, 1.54) is 18.3 Å². The van der Waals surface area contributed by atoms with Crippen LogP contribution >= 0.6 is 11.3 Å². The zero-order chi connectivity index (χ0) is 13.4. The summed E-state index contributed by atoms with van der Waals surface area (Å²) in [6, 6.07) is 0. The molecule has 18 heavy (non-hydrogen) atoms. The van der Waals surface area contributed by atoms with Gasteiger partial charge in [0.2, 0.25) is 11.0 Å². The molecule has 7 heteroatoms. The van der Waals surface area contributed by atoms with E-state index in [0.29, 0.717) is 5.13 Å². The van der Waals surface area contributed by atoms with Gasteiger partial charge < -0.3 is 5.11 Å². The van der Waals surface area contributed by atoms with Crippen LogP contribution in [0.1, 0.15) is 31.0 Å². The lowest BCUT2D eigenvalue weighted by atomic mass is 10.2. The first-order valence-electron chi connectivity index (χ1n) is 5.42. The lowest BCUT2D eigenvalue weighted by Crippen LogP contribution is -2.30. The molecule has 2 aromatic heterocycles. The molecule has 0 spiro atoms. The standard InChI is InChI=1S/C11H13N3O3S/c1-5(2)7-4-18-11(12-7)14-9(16)6(3)8(15)13-10(14)17/h4-5,16H,1-3H3,(H,13,15,17).